The van der Waals surface area contributed by atoms with E-state index in [1.165, 1.54) is 18.6 Å². The quantitative estimate of drug-likeness (QED) is 0.321. The number of hydrogen-bond acceptors (Lipinski definition) is 7. The zero-order valence-electron chi connectivity index (χ0n) is 24.0. The van der Waals surface area contributed by atoms with Crippen molar-refractivity contribution in [3.8, 4) is 0 Å². The summed E-state index contributed by atoms with van der Waals surface area (Å²) in [5.74, 6) is 2.06. The summed E-state index contributed by atoms with van der Waals surface area (Å²) < 4.78 is 0. The van der Waals surface area contributed by atoms with Gasteiger partial charge in [0.1, 0.15) is 5.82 Å². The van der Waals surface area contributed by atoms with Gasteiger partial charge in [0.2, 0.25) is 11.8 Å². The van der Waals surface area contributed by atoms with E-state index in [9.17, 15) is 19.7 Å². The monoisotopic (exact) mass is 558 g/mol. The Morgan fingerprint density at radius 3 is 2.29 bits per heavy atom. The first-order valence-electron chi connectivity index (χ1n) is 14.4. The van der Waals surface area contributed by atoms with Crippen LogP contribution in [0.5, 0.6) is 0 Å². The van der Waals surface area contributed by atoms with Crippen molar-refractivity contribution in [3.05, 3.63) is 64.2 Å². The van der Waals surface area contributed by atoms with E-state index in [2.05, 4.69) is 42.0 Å². The molecule has 3 heterocycles. The second kappa shape index (κ2) is 12.1. The van der Waals surface area contributed by atoms with Crippen molar-refractivity contribution in [2.75, 3.05) is 54.4 Å². The van der Waals surface area contributed by atoms with Crippen molar-refractivity contribution >= 4 is 45.6 Å². The predicted octanol–water partition coefficient (Wildman–Crippen LogP) is 5.00. The molecule has 2 aliphatic heterocycles. The highest BCUT2D eigenvalue weighted by molar-refractivity contribution is 5.96. The van der Waals surface area contributed by atoms with Gasteiger partial charge in [0.15, 0.2) is 0 Å². The summed E-state index contributed by atoms with van der Waals surface area (Å²) in [4.78, 5) is 47.1. The Morgan fingerprint density at radius 1 is 0.951 bits per heavy atom. The number of nitrogens with zero attached hydrogens (tertiary/aromatic N) is 5. The highest BCUT2D eigenvalue weighted by atomic mass is 16.6. The van der Waals surface area contributed by atoms with Crippen LogP contribution in [-0.2, 0) is 9.59 Å². The minimum absolute atomic E-state index is 0.0454. The number of pyridine rings is 1. The fourth-order valence-corrected chi connectivity index (χ4v) is 6.07. The van der Waals surface area contributed by atoms with Gasteiger partial charge in [0, 0.05) is 81.0 Å². The number of hydrogen-bond donors (Lipinski definition) is 1. The number of benzene rings is 2. The van der Waals surface area contributed by atoms with Crippen molar-refractivity contribution in [1.29, 1.82) is 0 Å². The minimum atomic E-state index is -0.416. The normalized spacial score (nSPS) is 19.3. The van der Waals surface area contributed by atoms with E-state index in [0.717, 1.165) is 41.1 Å². The number of nitrogens with one attached hydrogen (secondary N) is 1. The smallest absolute Gasteiger partial charge is 0.269 e. The molecule has 1 N–H and O–H groups in total. The lowest BCUT2D eigenvalue weighted by atomic mass is 9.92. The number of nitro benzene ring substituents is 1. The molecule has 10 nitrogen and oxygen atoms in total. The van der Waals surface area contributed by atoms with E-state index in [1.807, 2.05) is 18.2 Å². The number of aromatic nitrogens is 1. The van der Waals surface area contributed by atoms with Gasteiger partial charge in [-0.05, 0) is 67.1 Å². The molecule has 0 radical (unpaired) electrons. The average Bonchev–Trinajstić information content (AvgIpc) is 2.96. The molecule has 0 saturated carbocycles. The minimum Gasteiger partial charge on any atom is -0.368 e. The zero-order valence-corrected chi connectivity index (χ0v) is 24.0. The van der Waals surface area contributed by atoms with Crippen LogP contribution < -0.4 is 15.1 Å². The number of aryl methyl sites for hydroxylation is 1. The fraction of sp³-hybridized carbons (Fsp3) is 0.452. The molecule has 0 aliphatic carbocycles. The number of piperazine rings is 1. The summed E-state index contributed by atoms with van der Waals surface area (Å²) in [6.45, 7) is 11.1. The molecule has 2 aliphatic rings. The van der Waals surface area contributed by atoms with Crippen molar-refractivity contribution in [2.24, 2.45) is 11.8 Å². The summed E-state index contributed by atoms with van der Waals surface area (Å²) >= 11 is 0. The van der Waals surface area contributed by atoms with Crippen LogP contribution in [0.2, 0.25) is 0 Å². The third kappa shape index (κ3) is 6.75. The van der Waals surface area contributed by atoms with E-state index >= 15 is 0 Å². The van der Waals surface area contributed by atoms with Crippen LogP contribution in [0, 0.1) is 28.9 Å². The molecule has 0 bridgehead atoms. The lowest BCUT2D eigenvalue weighted by Gasteiger charge is -2.36. The number of amides is 2. The lowest BCUT2D eigenvalue weighted by molar-refractivity contribution is -0.384. The molecule has 0 spiro atoms. The van der Waals surface area contributed by atoms with Crippen LogP contribution in [0.4, 0.5) is 22.9 Å². The van der Waals surface area contributed by atoms with Crippen molar-refractivity contribution in [3.63, 3.8) is 0 Å². The molecule has 2 aromatic carbocycles. The van der Waals surface area contributed by atoms with Crippen LogP contribution in [0.15, 0.2) is 48.5 Å². The van der Waals surface area contributed by atoms with E-state index in [0.29, 0.717) is 43.7 Å². The van der Waals surface area contributed by atoms with Crippen molar-refractivity contribution in [1.82, 2.24) is 9.88 Å². The molecule has 3 aromatic rings. The Bertz CT molecular complexity index is 1420. The van der Waals surface area contributed by atoms with Crippen LogP contribution >= 0.6 is 0 Å². The van der Waals surface area contributed by atoms with Gasteiger partial charge in [0.05, 0.1) is 10.4 Å². The molecular formula is C31H38N6O4. The Balaban J connectivity index is 1.12. The lowest BCUT2D eigenvalue weighted by Crippen LogP contribution is -2.48. The van der Waals surface area contributed by atoms with Crippen LogP contribution in [-0.4, -0.2) is 65.9 Å². The molecule has 2 amide bonds. The maximum absolute atomic E-state index is 12.8. The van der Waals surface area contributed by atoms with E-state index in [4.69, 9.17) is 4.98 Å². The molecule has 2 fully saturated rings. The summed E-state index contributed by atoms with van der Waals surface area (Å²) in [5.41, 5.74) is 3.68. The summed E-state index contributed by atoms with van der Waals surface area (Å²) in [6.07, 6.45) is 1.51. The Morgan fingerprint density at radius 2 is 1.63 bits per heavy atom. The number of anilines is 3. The number of rotatable bonds is 7. The third-order valence-electron chi connectivity index (χ3n) is 8.10. The number of fused-ring (bicyclic) bond motifs is 1. The standard InChI is InChI=1S/C31H38N6O4/c1-21-16-22(2)20-36(19-21)29-17-23(3)27-18-24(4-9-28(27)33-29)32-30(38)10-11-31(39)35-14-12-34(13-15-35)25-5-7-26(8-6-25)37(40)41/h4-9,17-18,21-22H,10-16,19-20H2,1-3H3,(H,32,38)/t21-,22-/m1/s1. The Hall–Kier alpha value is -4.21. The maximum atomic E-state index is 12.8. The van der Waals surface area contributed by atoms with Crippen molar-refractivity contribution < 1.29 is 14.5 Å². The van der Waals surface area contributed by atoms with Gasteiger partial charge in [-0.3, -0.25) is 19.7 Å². The van der Waals surface area contributed by atoms with E-state index < -0.39 is 4.92 Å². The number of piperidine rings is 1. The summed E-state index contributed by atoms with van der Waals surface area (Å²) in [6, 6.07) is 14.4. The van der Waals surface area contributed by atoms with Gasteiger partial charge in [-0.2, -0.15) is 0 Å². The van der Waals surface area contributed by atoms with Gasteiger partial charge in [-0.25, -0.2) is 4.98 Å². The second-order valence-corrected chi connectivity index (χ2v) is 11.6. The zero-order chi connectivity index (χ0) is 29.1. The molecule has 2 atom stereocenters. The van der Waals surface area contributed by atoms with E-state index in [1.54, 1.807) is 17.0 Å². The number of nitro groups is 1. The molecule has 1 aromatic heterocycles. The van der Waals surface area contributed by atoms with Gasteiger partial charge in [0.25, 0.3) is 5.69 Å². The Labute approximate surface area is 240 Å². The number of carbonyl (C=O) groups excluding carboxylic acids is 2. The van der Waals surface area contributed by atoms with E-state index in [-0.39, 0.29) is 30.3 Å². The molecule has 2 saturated heterocycles. The molecule has 0 unspecified atom stereocenters. The van der Waals surface area contributed by atoms with Crippen LogP contribution in [0.25, 0.3) is 10.9 Å². The highest BCUT2D eigenvalue weighted by Gasteiger charge is 2.24. The second-order valence-electron chi connectivity index (χ2n) is 11.6. The SMILES string of the molecule is Cc1cc(N2C[C@H](C)C[C@@H](C)C2)nc2ccc(NC(=O)CCC(=O)N3CCN(c4ccc([N+](=O)[O-])cc4)CC3)cc12. The predicted molar refractivity (Wildman–Crippen MR) is 161 cm³/mol. The van der Waals surface area contributed by atoms with Crippen molar-refractivity contribution in [2.45, 2.75) is 40.0 Å². The average molecular weight is 559 g/mol. The van der Waals surface area contributed by atoms with Crippen LogP contribution in [0.1, 0.15) is 38.7 Å². The number of carbonyl (C=O) groups is 2. The molecule has 10 heteroatoms. The Kier molecular flexibility index (Phi) is 8.37. The largest absolute Gasteiger partial charge is 0.368 e. The molecular weight excluding hydrogens is 520 g/mol. The first kappa shape index (κ1) is 28.3. The first-order valence-corrected chi connectivity index (χ1v) is 14.4. The first-order chi connectivity index (χ1) is 19.7. The topological polar surface area (TPSA) is 112 Å². The highest BCUT2D eigenvalue weighted by Crippen LogP contribution is 2.29. The van der Waals surface area contributed by atoms with Gasteiger partial charge in [-0.1, -0.05) is 13.8 Å². The molecule has 41 heavy (non-hydrogen) atoms. The third-order valence-corrected chi connectivity index (χ3v) is 8.10. The van der Waals surface area contributed by atoms with Gasteiger partial charge in [-0.15, -0.1) is 0 Å². The molecule has 5 rings (SSSR count). The fourth-order valence-electron chi connectivity index (χ4n) is 6.07. The van der Waals surface area contributed by atoms with Gasteiger partial charge < -0.3 is 20.0 Å². The summed E-state index contributed by atoms with van der Waals surface area (Å²) in [7, 11) is 0. The number of non-ortho nitro benzene ring substituents is 1. The van der Waals surface area contributed by atoms with Crippen LogP contribution in [0.3, 0.4) is 0 Å². The maximum Gasteiger partial charge on any atom is 0.269 e. The summed E-state index contributed by atoms with van der Waals surface area (Å²) in [5, 5.41) is 14.8. The molecule has 216 valence electrons. The van der Waals surface area contributed by atoms with Gasteiger partial charge >= 0.3 is 0 Å².